The lowest BCUT2D eigenvalue weighted by atomic mass is 9.99. The lowest BCUT2D eigenvalue weighted by Crippen LogP contribution is -2.08. The Kier molecular flexibility index (Phi) is 5.41. The summed E-state index contributed by atoms with van der Waals surface area (Å²) < 4.78 is 9.37. The molecule has 8 nitrogen and oxygen atoms in total. The molecule has 1 aromatic rings. The second kappa shape index (κ2) is 7.04. The Labute approximate surface area is 115 Å². The van der Waals surface area contributed by atoms with Gasteiger partial charge in [-0.05, 0) is 6.42 Å². The topological polar surface area (TPSA) is 115 Å². The third kappa shape index (κ3) is 3.65. The van der Waals surface area contributed by atoms with Crippen LogP contribution in [-0.4, -0.2) is 30.1 Å². The predicted octanol–water partition coefficient (Wildman–Crippen LogP) is 1.56. The molecule has 1 unspecified atom stereocenters. The summed E-state index contributed by atoms with van der Waals surface area (Å²) in [5.41, 5.74) is -0.289. The van der Waals surface area contributed by atoms with Gasteiger partial charge in [0.25, 0.3) is 5.69 Å². The van der Waals surface area contributed by atoms with Crippen LogP contribution in [0.2, 0.25) is 0 Å². The fraction of sp³-hybridized carbons (Fsp3) is 0.417. The molecule has 0 N–H and O–H groups in total. The molecule has 0 aliphatic heterocycles. The summed E-state index contributed by atoms with van der Waals surface area (Å²) in [7, 11) is 2.60. The largest absolute Gasteiger partial charge is 0.481 e. The van der Waals surface area contributed by atoms with E-state index in [1.165, 1.54) is 26.4 Å². The first-order valence-corrected chi connectivity index (χ1v) is 5.69. The van der Waals surface area contributed by atoms with Crippen LogP contribution in [0.3, 0.4) is 0 Å². The molecule has 1 atom stereocenters. The van der Waals surface area contributed by atoms with E-state index in [1.807, 2.05) is 6.07 Å². The number of hydrogen-bond donors (Lipinski definition) is 0. The second-order valence-electron chi connectivity index (χ2n) is 3.81. The van der Waals surface area contributed by atoms with Gasteiger partial charge in [-0.1, -0.05) is 0 Å². The van der Waals surface area contributed by atoms with Crippen molar-refractivity contribution >= 4 is 11.7 Å². The van der Waals surface area contributed by atoms with Crippen LogP contribution in [0.1, 0.15) is 24.5 Å². The summed E-state index contributed by atoms with van der Waals surface area (Å²) in [6.07, 6.45) is 0.0644. The van der Waals surface area contributed by atoms with Crippen molar-refractivity contribution in [3.63, 3.8) is 0 Å². The molecule has 0 aliphatic carbocycles. The summed E-state index contributed by atoms with van der Waals surface area (Å²) in [5.74, 6) is -1.20. The number of nitro groups is 1. The maximum absolute atomic E-state index is 11.1. The van der Waals surface area contributed by atoms with Gasteiger partial charge < -0.3 is 9.47 Å². The normalized spacial score (nSPS) is 11.2. The number of nitriles is 1. The van der Waals surface area contributed by atoms with Gasteiger partial charge in [-0.15, -0.1) is 0 Å². The van der Waals surface area contributed by atoms with E-state index in [0.717, 1.165) is 0 Å². The Morgan fingerprint density at radius 1 is 1.55 bits per heavy atom. The molecule has 0 spiro atoms. The van der Waals surface area contributed by atoms with Gasteiger partial charge >= 0.3 is 5.97 Å². The molecule has 1 aromatic heterocycles. The third-order valence-corrected chi connectivity index (χ3v) is 2.63. The summed E-state index contributed by atoms with van der Waals surface area (Å²) in [5, 5.41) is 20.1. The molecule has 0 amide bonds. The first kappa shape index (κ1) is 15.4. The van der Waals surface area contributed by atoms with Crippen LogP contribution in [0, 0.1) is 21.4 Å². The molecule has 106 valence electrons. The van der Waals surface area contributed by atoms with Gasteiger partial charge in [-0.25, -0.2) is 4.98 Å². The van der Waals surface area contributed by atoms with Crippen molar-refractivity contribution in [1.82, 2.24) is 4.98 Å². The third-order valence-electron chi connectivity index (χ3n) is 2.63. The lowest BCUT2D eigenvalue weighted by Gasteiger charge is -2.09. The Hall–Kier alpha value is -2.69. The summed E-state index contributed by atoms with van der Waals surface area (Å²) >= 11 is 0. The predicted molar refractivity (Wildman–Crippen MR) is 67.0 cm³/mol. The van der Waals surface area contributed by atoms with E-state index in [-0.39, 0.29) is 30.1 Å². The van der Waals surface area contributed by atoms with Gasteiger partial charge in [0.1, 0.15) is 5.69 Å². The summed E-state index contributed by atoms with van der Waals surface area (Å²) in [6.45, 7) is 0. The van der Waals surface area contributed by atoms with Crippen molar-refractivity contribution in [1.29, 1.82) is 5.26 Å². The number of rotatable bonds is 6. The van der Waals surface area contributed by atoms with Gasteiger partial charge in [-0.3, -0.25) is 14.9 Å². The summed E-state index contributed by atoms with van der Waals surface area (Å²) in [4.78, 5) is 25.4. The first-order valence-electron chi connectivity index (χ1n) is 5.69. The lowest BCUT2D eigenvalue weighted by molar-refractivity contribution is -0.386. The minimum absolute atomic E-state index is 0.0132. The van der Waals surface area contributed by atoms with E-state index >= 15 is 0 Å². The van der Waals surface area contributed by atoms with Gasteiger partial charge in [0, 0.05) is 18.6 Å². The van der Waals surface area contributed by atoms with Crippen LogP contribution in [0.15, 0.2) is 12.1 Å². The number of methoxy groups -OCH3 is 2. The highest BCUT2D eigenvalue weighted by Gasteiger charge is 2.25. The number of aromatic nitrogens is 1. The number of esters is 1. The van der Waals surface area contributed by atoms with Crippen LogP contribution >= 0.6 is 0 Å². The molecule has 1 heterocycles. The Bertz CT molecular complexity index is 553. The molecule has 1 rings (SSSR count). The average Bonchev–Trinajstić information content (AvgIpc) is 2.47. The number of hydrogen-bond acceptors (Lipinski definition) is 7. The zero-order chi connectivity index (χ0) is 15.1. The fourth-order valence-electron chi connectivity index (χ4n) is 1.60. The summed E-state index contributed by atoms with van der Waals surface area (Å²) in [6, 6.07) is 4.48. The van der Waals surface area contributed by atoms with Crippen LogP contribution in [0.5, 0.6) is 5.88 Å². The van der Waals surface area contributed by atoms with E-state index in [9.17, 15) is 14.9 Å². The van der Waals surface area contributed by atoms with Crippen molar-refractivity contribution in [2.45, 2.75) is 18.8 Å². The minimum Gasteiger partial charge on any atom is -0.481 e. The number of carbonyl (C=O) groups excluding carboxylic acids is 1. The molecule has 0 fully saturated rings. The monoisotopic (exact) mass is 279 g/mol. The highest BCUT2D eigenvalue weighted by atomic mass is 16.6. The molecular formula is C12H13N3O5. The minimum atomic E-state index is -0.885. The molecule has 8 heteroatoms. The zero-order valence-electron chi connectivity index (χ0n) is 11.0. The molecule has 0 bridgehead atoms. The quantitative estimate of drug-likeness (QED) is 0.440. The number of carbonyl (C=O) groups is 1. The van der Waals surface area contributed by atoms with E-state index in [2.05, 4.69) is 9.72 Å². The molecule has 0 radical (unpaired) electrons. The Morgan fingerprint density at radius 2 is 2.25 bits per heavy atom. The maximum Gasteiger partial charge on any atom is 0.305 e. The number of ether oxygens (including phenoxy) is 2. The Balaban J connectivity index is 3.09. The highest BCUT2D eigenvalue weighted by molar-refractivity contribution is 5.69. The molecule has 0 aliphatic rings. The maximum atomic E-state index is 11.1. The van der Waals surface area contributed by atoms with E-state index in [0.29, 0.717) is 0 Å². The van der Waals surface area contributed by atoms with Crippen molar-refractivity contribution in [2.24, 2.45) is 0 Å². The van der Waals surface area contributed by atoms with Crippen molar-refractivity contribution < 1.29 is 19.2 Å². The van der Waals surface area contributed by atoms with Crippen LogP contribution in [0.25, 0.3) is 0 Å². The van der Waals surface area contributed by atoms with E-state index in [4.69, 9.17) is 10.00 Å². The molecule has 0 saturated heterocycles. The second-order valence-corrected chi connectivity index (χ2v) is 3.81. The van der Waals surface area contributed by atoms with E-state index < -0.39 is 16.8 Å². The first-order chi connectivity index (χ1) is 9.53. The van der Waals surface area contributed by atoms with Crippen molar-refractivity contribution in [3.05, 3.63) is 27.9 Å². The van der Waals surface area contributed by atoms with Crippen LogP contribution < -0.4 is 4.74 Å². The average molecular weight is 279 g/mol. The van der Waals surface area contributed by atoms with E-state index in [1.54, 1.807) is 0 Å². The molecule has 20 heavy (non-hydrogen) atoms. The highest BCUT2D eigenvalue weighted by Crippen LogP contribution is 2.29. The molecule has 0 aromatic carbocycles. The van der Waals surface area contributed by atoms with Crippen LogP contribution in [-0.2, 0) is 9.53 Å². The smallest absolute Gasteiger partial charge is 0.305 e. The van der Waals surface area contributed by atoms with Crippen LogP contribution in [0.4, 0.5) is 5.69 Å². The Morgan fingerprint density at radius 3 is 2.75 bits per heavy atom. The molecular weight excluding hydrogens is 266 g/mol. The SMILES string of the molecule is COC(=O)CCC(C#N)c1nc(OC)ccc1[N+](=O)[O-]. The van der Waals surface area contributed by atoms with Gasteiger partial charge in [0.15, 0.2) is 0 Å². The fourth-order valence-corrected chi connectivity index (χ4v) is 1.60. The standard InChI is InChI=1S/C12H13N3O5/c1-19-10-5-4-9(15(17)18)12(14-10)8(7-13)3-6-11(16)20-2/h4-5,8H,3,6H2,1-2H3. The van der Waals surface area contributed by atoms with Gasteiger partial charge in [0.2, 0.25) is 5.88 Å². The molecule has 0 saturated carbocycles. The number of nitrogens with zero attached hydrogens (tertiary/aromatic N) is 3. The van der Waals surface area contributed by atoms with Crippen molar-refractivity contribution in [2.75, 3.05) is 14.2 Å². The van der Waals surface area contributed by atoms with Crippen molar-refractivity contribution in [3.8, 4) is 11.9 Å². The zero-order valence-corrected chi connectivity index (χ0v) is 11.0. The number of pyridine rings is 1. The van der Waals surface area contributed by atoms with Gasteiger partial charge in [0.05, 0.1) is 31.1 Å². The van der Waals surface area contributed by atoms with Gasteiger partial charge in [-0.2, -0.15) is 5.26 Å².